The Balaban J connectivity index is 1.73. The maximum atomic E-state index is 13.0. The van der Waals surface area contributed by atoms with Crippen molar-refractivity contribution < 1.29 is 14.0 Å². The molecule has 152 valence electrons. The first-order valence-corrected chi connectivity index (χ1v) is 10.1. The lowest BCUT2D eigenvalue weighted by Gasteiger charge is -2.16. The minimum Gasteiger partial charge on any atom is -0.464 e. The standard InChI is InChI=1S/C22H15N5O3S/c1-12-4-6-13(7-5-12)27-18(28)9-17(22(27)29)31-21-15(11-24)19(16-3-2-8-30-16)14(10-23)20(25)26-21/h2-8,17H,9H2,1H3,(H2,25,26). The molecule has 1 aromatic carbocycles. The van der Waals surface area contributed by atoms with Crippen LogP contribution in [0.4, 0.5) is 11.5 Å². The van der Waals surface area contributed by atoms with Crippen molar-refractivity contribution in [1.29, 1.82) is 10.5 Å². The Labute approximate surface area is 181 Å². The molecule has 0 spiro atoms. The maximum absolute atomic E-state index is 13.0. The number of hydrogen-bond acceptors (Lipinski definition) is 8. The fourth-order valence-electron chi connectivity index (χ4n) is 3.35. The van der Waals surface area contributed by atoms with E-state index in [9.17, 15) is 20.1 Å². The van der Waals surface area contributed by atoms with Gasteiger partial charge in [-0.05, 0) is 31.2 Å². The predicted molar refractivity (Wildman–Crippen MR) is 114 cm³/mol. The van der Waals surface area contributed by atoms with Gasteiger partial charge in [-0.1, -0.05) is 29.5 Å². The van der Waals surface area contributed by atoms with Gasteiger partial charge >= 0.3 is 0 Å². The summed E-state index contributed by atoms with van der Waals surface area (Å²) in [6.45, 7) is 1.91. The summed E-state index contributed by atoms with van der Waals surface area (Å²) in [7, 11) is 0. The molecule has 2 N–H and O–H groups in total. The Morgan fingerprint density at radius 1 is 1.16 bits per heavy atom. The van der Waals surface area contributed by atoms with E-state index < -0.39 is 11.2 Å². The molecule has 8 nitrogen and oxygen atoms in total. The lowest BCUT2D eigenvalue weighted by Crippen LogP contribution is -2.31. The topological polar surface area (TPSA) is 137 Å². The highest BCUT2D eigenvalue weighted by Gasteiger charge is 2.41. The normalized spacial score (nSPS) is 15.7. The molecule has 0 bridgehead atoms. The number of carbonyl (C=O) groups is 2. The fourth-order valence-corrected chi connectivity index (χ4v) is 4.46. The Morgan fingerprint density at radius 3 is 2.48 bits per heavy atom. The summed E-state index contributed by atoms with van der Waals surface area (Å²) in [6.07, 6.45) is 1.37. The number of nitrogens with zero attached hydrogens (tertiary/aromatic N) is 4. The summed E-state index contributed by atoms with van der Waals surface area (Å²) in [5, 5.41) is 18.7. The zero-order valence-electron chi connectivity index (χ0n) is 16.3. The van der Waals surface area contributed by atoms with Gasteiger partial charge in [0.1, 0.15) is 34.3 Å². The first kappa shape index (κ1) is 20.2. The minimum atomic E-state index is -0.773. The molecule has 2 amide bonds. The van der Waals surface area contributed by atoms with E-state index in [0.717, 1.165) is 22.2 Å². The first-order chi connectivity index (χ1) is 14.9. The van der Waals surface area contributed by atoms with E-state index in [0.29, 0.717) is 11.4 Å². The minimum absolute atomic E-state index is 0.0194. The van der Waals surface area contributed by atoms with E-state index in [1.54, 1.807) is 24.3 Å². The summed E-state index contributed by atoms with van der Waals surface area (Å²) >= 11 is 0.984. The molecular formula is C22H15N5O3S. The average Bonchev–Trinajstić information content (AvgIpc) is 3.37. The number of anilines is 2. The fraction of sp³-hybridized carbons (Fsp3) is 0.136. The van der Waals surface area contributed by atoms with Crippen molar-refractivity contribution in [3.63, 3.8) is 0 Å². The zero-order valence-corrected chi connectivity index (χ0v) is 17.1. The number of carbonyl (C=O) groups excluding carboxylic acids is 2. The molecule has 2 aromatic heterocycles. The molecule has 1 unspecified atom stereocenters. The number of nitriles is 2. The van der Waals surface area contributed by atoms with Gasteiger partial charge in [-0.3, -0.25) is 9.59 Å². The predicted octanol–water partition coefficient (Wildman–Crippen LogP) is 3.40. The molecule has 0 aliphatic carbocycles. The van der Waals surface area contributed by atoms with Crippen LogP contribution >= 0.6 is 11.8 Å². The Bertz CT molecular complexity index is 1270. The molecule has 1 atom stereocenters. The van der Waals surface area contributed by atoms with Crippen molar-refractivity contribution in [2.75, 3.05) is 10.6 Å². The molecule has 9 heteroatoms. The van der Waals surface area contributed by atoms with Gasteiger partial charge < -0.3 is 10.2 Å². The Morgan fingerprint density at radius 2 is 1.87 bits per heavy atom. The number of aromatic nitrogens is 1. The van der Waals surface area contributed by atoms with E-state index >= 15 is 0 Å². The zero-order chi connectivity index (χ0) is 22.1. The number of nitrogen functional groups attached to an aromatic ring is 1. The van der Waals surface area contributed by atoms with Gasteiger partial charge in [0.15, 0.2) is 0 Å². The molecule has 3 aromatic rings. The van der Waals surface area contributed by atoms with Crippen molar-refractivity contribution in [3.8, 4) is 23.5 Å². The number of benzene rings is 1. The smallest absolute Gasteiger partial charge is 0.247 e. The van der Waals surface area contributed by atoms with Crippen molar-refractivity contribution in [3.05, 3.63) is 59.4 Å². The number of amides is 2. The highest BCUT2D eigenvalue weighted by Crippen LogP contribution is 2.40. The largest absolute Gasteiger partial charge is 0.464 e. The van der Waals surface area contributed by atoms with Gasteiger partial charge in [0.2, 0.25) is 11.8 Å². The van der Waals surface area contributed by atoms with Crippen LogP contribution in [0.15, 0.2) is 52.1 Å². The highest BCUT2D eigenvalue weighted by molar-refractivity contribution is 8.00. The second-order valence-corrected chi connectivity index (χ2v) is 8.03. The average molecular weight is 429 g/mol. The summed E-state index contributed by atoms with van der Waals surface area (Å²) in [6, 6.07) is 14.3. The number of furan rings is 1. The molecular weight excluding hydrogens is 414 g/mol. The number of imide groups is 1. The van der Waals surface area contributed by atoms with E-state index in [2.05, 4.69) is 4.98 Å². The lowest BCUT2D eigenvalue weighted by atomic mass is 10.0. The van der Waals surface area contributed by atoms with Gasteiger partial charge in [-0.2, -0.15) is 10.5 Å². The first-order valence-electron chi connectivity index (χ1n) is 9.22. The highest BCUT2D eigenvalue weighted by atomic mass is 32.2. The molecule has 1 saturated heterocycles. The number of aryl methyl sites for hydroxylation is 1. The van der Waals surface area contributed by atoms with E-state index in [1.165, 1.54) is 6.26 Å². The van der Waals surface area contributed by atoms with E-state index in [-0.39, 0.29) is 39.9 Å². The van der Waals surface area contributed by atoms with Crippen LogP contribution in [0.2, 0.25) is 0 Å². The van der Waals surface area contributed by atoms with Crippen LogP contribution < -0.4 is 10.6 Å². The van der Waals surface area contributed by atoms with Crippen LogP contribution in [0.25, 0.3) is 11.3 Å². The van der Waals surface area contributed by atoms with E-state index in [1.807, 2.05) is 31.2 Å². The van der Waals surface area contributed by atoms with Crippen LogP contribution in [0, 0.1) is 29.6 Å². The quantitative estimate of drug-likeness (QED) is 0.623. The molecule has 1 aliphatic heterocycles. The summed E-state index contributed by atoms with van der Waals surface area (Å²) < 4.78 is 5.38. The Hall–Kier alpha value is -4.08. The molecule has 1 fully saturated rings. The Kier molecular flexibility index (Phi) is 5.20. The second-order valence-electron chi connectivity index (χ2n) is 6.84. The third kappa shape index (κ3) is 3.52. The summed E-state index contributed by atoms with van der Waals surface area (Å²) in [5.74, 6) is -0.522. The second kappa shape index (κ2) is 7.98. The summed E-state index contributed by atoms with van der Waals surface area (Å²) in [5.41, 5.74) is 7.78. The van der Waals surface area contributed by atoms with Crippen LogP contribution in [0.5, 0.6) is 0 Å². The van der Waals surface area contributed by atoms with Crippen LogP contribution in [0.1, 0.15) is 23.1 Å². The monoisotopic (exact) mass is 429 g/mol. The third-order valence-electron chi connectivity index (χ3n) is 4.83. The van der Waals surface area contributed by atoms with Gasteiger partial charge in [-0.25, -0.2) is 9.88 Å². The number of hydrogen-bond donors (Lipinski definition) is 1. The van der Waals surface area contributed by atoms with Crippen molar-refractivity contribution in [2.24, 2.45) is 0 Å². The SMILES string of the molecule is Cc1ccc(N2C(=O)CC(Sc3nc(N)c(C#N)c(-c4ccco4)c3C#N)C2=O)cc1. The van der Waals surface area contributed by atoms with Gasteiger partial charge in [0.25, 0.3) is 0 Å². The van der Waals surface area contributed by atoms with Gasteiger partial charge in [-0.15, -0.1) is 0 Å². The lowest BCUT2D eigenvalue weighted by molar-refractivity contribution is -0.121. The van der Waals surface area contributed by atoms with Crippen molar-refractivity contribution in [1.82, 2.24) is 4.98 Å². The van der Waals surface area contributed by atoms with Gasteiger partial charge in [0.05, 0.1) is 28.3 Å². The number of pyridine rings is 1. The third-order valence-corrected chi connectivity index (χ3v) is 6.01. The molecule has 31 heavy (non-hydrogen) atoms. The van der Waals surface area contributed by atoms with Crippen molar-refractivity contribution in [2.45, 2.75) is 23.6 Å². The van der Waals surface area contributed by atoms with Crippen LogP contribution in [0.3, 0.4) is 0 Å². The van der Waals surface area contributed by atoms with Crippen LogP contribution in [-0.4, -0.2) is 22.0 Å². The molecule has 0 radical (unpaired) electrons. The maximum Gasteiger partial charge on any atom is 0.247 e. The number of thioether (sulfide) groups is 1. The summed E-state index contributed by atoms with van der Waals surface area (Å²) in [4.78, 5) is 30.9. The van der Waals surface area contributed by atoms with Crippen LogP contribution in [-0.2, 0) is 9.59 Å². The van der Waals surface area contributed by atoms with Gasteiger partial charge in [0, 0.05) is 6.42 Å². The molecule has 1 aliphatic rings. The molecule has 0 saturated carbocycles. The van der Waals surface area contributed by atoms with E-state index in [4.69, 9.17) is 10.2 Å². The molecule has 4 rings (SSSR count). The number of rotatable bonds is 4. The van der Waals surface area contributed by atoms with Crippen molar-refractivity contribution >= 4 is 35.1 Å². The number of nitrogens with two attached hydrogens (primary N) is 1. The molecule has 3 heterocycles.